The minimum atomic E-state index is 0.307. The number of hydrogen-bond acceptors (Lipinski definition) is 3. The van der Waals surface area contributed by atoms with E-state index in [2.05, 4.69) is 49.8 Å². The summed E-state index contributed by atoms with van der Waals surface area (Å²) in [6, 6.07) is 16.2. The van der Waals surface area contributed by atoms with E-state index in [-0.39, 0.29) is 0 Å². The number of aryl methyl sites for hydroxylation is 3. The second kappa shape index (κ2) is 9.63. The van der Waals surface area contributed by atoms with Gasteiger partial charge in [0.05, 0.1) is 10.7 Å². The molecule has 0 atom stereocenters. The van der Waals surface area contributed by atoms with E-state index in [1.807, 2.05) is 45.0 Å². The maximum Gasteiger partial charge on any atom is 0.229 e. The Balaban J connectivity index is 1.62. The molecule has 0 radical (unpaired) electrons. The number of thiocarbonyl (C=S) groups is 1. The number of halogens is 1. The second-order valence-electron chi connectivity index (χ2n) is 7.89. The Morgan fingerprint density at radius 1 is 1.00 bits per heavy atom. The SMILES string of the molecule is Cc1ccc(NC(=S)/N=C(/Nc2nc(C)cc(C)n2)N2CCc3ccccc3C2)c(Cl)c1. The molecule has 0 saturated heterocycles. The fourth-order valence-electron chi connectivity index (χ4n) is 3.70. The summed E-state index contributed by atoms with van der Waals surface area (Å²) in [7, 11) is 0. The molecule has 0 unspecified atom stereocenters. The van der Waals surface area contributed by atoms with Gasteiger partial charge in [-0.25, -0.2) is 9.97 Å². The van der Waals surface area contributed by atoms with Crippen LogP contribution in [0.3, 0.4) is 0 Å². The van der Waals surface area contributed by atoms with Crippen LogP contribution in [0, 0.1) is 20.8 Å². The van der Waals surface area contributed by atoms with Gasteiger partial charge >= 0.3 is 0 Å². The van der Waals surface area contributed by atoms with Crippen LogP contribution in [0.15, 0.2) is 53.5 Å². The first-order valence-electron chi connectivity index (χ1n) is 10.4. The largest absolute Gasteiger partial charge is 0.338 e. The van der Waals surface area contributed by atoms with Gasteiger partial charge in [0.2, 0.25) is 17.0 Å². The Morgan fingerprint density at radius 2 is 1.72 bits per heavy atom. The van der Waals surface area contributed by atoms with Gasteiger partial charge in [0, 0.05) is 24.5 Å². The molecule has 32 heavy (non-hydrogen) atoms. The third kappa shape index (κ3) is 5.41. The third-order valence-corrected chi connectivity index (χ3v) is 5.72. The average molecular weight is 465 g/mol. The zero-order chi connectivity index (χ0) is 22.7. The molecule has 1 aliphatic rings. The summed E-state index contributed by atoms with van der Waals surface area (Å²) < 4.78 is 0. The molecule has 6 nitrogen and oxygen atoms in total. The van der Waals surface area contributed by atoms with E-state index in [0.717, 1.165) is 42.1 Å². The van der Waals surface area contributed by atoms with Gasteiger partial charge in [-0.15, -0.1) is 0 Å². The summed E-state index contributed by atoms with van der Waals surface area (Å²) in [6.45, 7) is 7.41. The highest BCUT2D eigenvalue weighted by atomic mass is 35.5. The Hall–Kier alpha value is -3.03. The minimum absolute atomic E-state index is 0.307. The maximum absolute atomic E-state index is 6.36. The molecule has 0 saturated carbocycles. The Morgan fingerprint density at radius 3 is 2.44 bits per heavy atom. The molecule has 8 heteroatoms. The molecule has 0 amide bonds. The van der Waals surface area contributed by atoms with Crippen LogP contribution in [0.1, 0.15) is 28.1 Å². The summed E-state index contributed by atoms with van der Waals surface area (Å²) in [6.07, 6.45) is 0.925. The topological polar surface area (TPSA) is 65.4 Å². The summed E-state index contributed by atoms with van der Waals surface area (Å²) in [5.74, 6) is 1.10. The minimum Gasteiger partial charge on any atom is -0.338 e. The van der Waals surface area contributed by atoms with E-state index < -0.39 is 0 Å². The quantitative estimate of drug-likeness (QED) is 0.305. The first-order valence-corrected chi connectivity index (χ1v) is 11.2. The van der Waals surface area contributed by atoms with Crippen LogP contribution in [-0.4, -0.2) is 32.5 Å². The Labute approximate surface area is 198 Å². The smallest absolute Gasteiger partial charge is 0.229 e. The van der Waals surface area contributed by atoms with Gasteiger partial charge in [-0.05, 0) is 74.3 Å². The Kier molecular flexibility index (Phi) is 6.67. The number of rotatable bonds is 2. The van der Waals surface area contributed by atoms with E-state index in [4.69, 9.17) is 28.8 Å². The molecule has 2 heterocycles. The summed E-state index contributed by atoms with van der Waals surface area (Å²) in [5, 5.41) is 7.34. The van der Waals surface area contributed by atoms with Crippen LogP contribution in [0.25, 0.3) is 0 Å². The van der Waals surface area contributed by atoms with Gasteiger partial charge < -0.3 is 10.2 Å². The summed E-state index contributed by atoms with van der Waals surface area (Å²) >= 11 is 11.9. The zero-order valence-electron chi connectivity index (χ0n) is 18.3. The molecular formula is C24H25ClN6S. The summed E-state index contributed by atoms with van der Waals surface area (Å²) in [5.41, 5.74) is 6.20. The van der Waals surface area contributed by atoms with Gasteiger partial charge in [0.15, 0.2) is 0 Å². The number of benzene rings is 2. The molecule has 0 spiro atoms. The van der Waals surface area contributed by atoms with E-state index >= 15 is 0 Å². The van der Waals surface area contributed by atoms with Crippen molar-refractivity contribution in [1.29, 1.82) is 0 Å². The lowest BCUT2D eigenvalue weighted by Crippen LogP contribution is -2.41. The van der Waals surface area contributed by atoms with Crippen molar-refractivity contribution in [3.05, 3.63) is 81.6 Å². The van der Waals surface area contributed by atoms with E-state index in [1.54, 1.807) is 0 Å². The third-order valence-electron chi connectivity index (χ3n) is 5.21. The van der Waals surface area contributed by atoms with Crippen molar-refractivity contribution in [3.8, 4) is 0 Å². The number of fused-ring (bicyclic) bond motifs is 1. The van der Waals surface area contributed by atoms with Gasteiger partial charge in [-0.1, -0.05) is 41.9 Å². The van der Waals surface area contributed by atoms with Gasteiger partial charge in [0.1, 0.15) is 0 Å². The van der Waals surface area contributed by atoms with E-state index in [9.17, 15) is 0 Å². The van der Waals surface area contributed by atoms with E-state index in [0.29, 0.717) is 22.0 Å². The molecule has 1 aliphatic heterocycles. The average Bonchev–Trinajstić information content (AvgIpc) is 2.74. The predicted molar refractivity (Wildman–Crippen MR) is 136 cm³/mol. The highest BCUT2D eigenvalue weighted by Crippen LogP contribution is 2.23. The first-order chi connectivity index (χ1) is 15.4. The van der Waals surface area contributed by atoms with Crippen molar-refractivity contribution < 1.29 is 0 Å². The van der Waals surface area contributed by atoms with Crippen LogP contribution in [0.2, 0.25) is 5.02 Å². The second-order valence-corrected chi connectivity index (χ2v) is 8.68. The standard InChI is InChI=1S/C24H25ClN6S/c1-15-8-9-21(20(25)12-15)28-24(32)30-23(29-22-26-16(2)13-17(3)27-22)31-11-10-18-6-4-5-7-19(18)14-31/h4-9,12-13H,10-11,14H2,1-3H3,(H2,26,27,28,29,30,32). The van der Waals surface area contributed by atoms with Crippen LogP contribution < -0.4 is 10.6 Å². The van der Waals surface area contributed by atoms with Crippen molar-refractivity contribution >= 4 is 46.5 Å². The predicted octanol–water partition coefficient (Wildman–Crippen LogP) is 5.28. The van der Waals surface area contributed by atoms with Crippen LogP contribution in [-0.2, 0) is 13.0 Å². The van der Waals surface area contributed by atoms with Crippen molar-refractivity contribution in [1.82, 2.24) is 14.9 Å². The van der Waals surface area contributed by atoms with Crippen molar-refractivity contribution in [2.24, 2.45) is 4.99 Å². The summed E-state index contributed by atoms with van der Waals surface area (Å²) in [4.78, 5) is 15.9. The number of aromatic nitrogens is 2. The van der Waals surface area contributed by atoms with Crippen LogP contribution in [0.4, 0.5) is 11.6 Å². The Bertz CT molecular complexity index is 1170. The molecule has 0 fully saturated rings. The number of hydrogen-bond donors (Lipinski definition) is 2. The molecule has 164 valence electrons. The molecule has 0 aliphatic carbocycles. The maximum atomic E-state index is 6.36. The van der Waals surface area contributed by atoms with Crippen LogP contribution >= 0.6 is 23.8 Å². The molecule has 0 bridgehead atoms. The normalized spacial score (nSPS) is 13.5. The number of anilines is 2. The molecule has 2 N–H and O–H groups in total. The highest BCUT2D eigenvalue weighted by Gasteiger charge is 2.21. The zero-order valence-corrected chi connectivity index (χ0v) is 19.9. The first kappa shape index (κ1) is 22.2. The number of nitrogens with one attached hydrogen (secondary N) is 2. The fourth-order valence-corrected chi connectivity index (χ4v) is 4.18. The fraction of sp³-hybridized carbons (Fsp3) is 0.250. The molecule has 2 aromatic carbocycles. The van der Waals surface area contributed by atoms with E-state index in [1.165, 1.54) is 11.1 Å². The highest BCUT2D eigenvalue weighted by molar-refractivity contribution is 7.80. The molecular weight excluding hydrogens is 440 g/mol. The lowest BCUT2D eigenvalue weighted by atomic mass is 10.0. The van der Waals surface area contributed by atoms with Crippen molar-refractivity contribution in [3.63, 3.8) is 0 Å². The van der Waals surface area contributed by atoms with Crippen molar-refractivity contribution in [2.45, 2.75) is 33.7 Å². The van der Waals surface area contributed by atoms with Crippen LogP contribution in [0.5, 0.6) is 0 Å². The lowest BCUT2D eigenvalue weighted by Gasteiger charge is -2.31. The number of nitrogens with zero attached hydrogens (tertiary/aromatic N) is 4. The lowest BCUT2D eigenvalue weighted by molar-refractivity contribution is 0.393. The van der Waals surface area contributed by atoms with Crippen molar-refractivity contribution in [2.75, 3.05) is 17.2 Å². The monoisotopic (exact) mass is 464 g/mol. The number of aliphatic imine (C=N–C) groups is 1. The molecule has 1 aromatic heterocycles. The van der Waals surface area contributed by atoms with Gasteiger partial charge in [0.25, 0.3) is 0 Å². The van der Waals surface area contributed by atoms with Gasteiger partial charge in [-0.2, -0.15) is 4.99 Å². The molecule has 3 aromatic rings. The number of guanidine groups is 1. The molecule has 4 rings (SSSR count). The van der Waals surface area contributed by atoms with Gasteiger partial charge in [-0.3, -0.25) is 5.32 Å².